The Morgan fingerprint density at radius 1 is 1.09 bits per heavy atom. The van der Waals surface area contributed by atoms with Crippen molar-refractivity contribution in [2.24, 2.45) is 0 Å². The number of rotatable bonds is 7. The van der Waals surface area contributed by atoms with Crippen LogP contribution in [0.15, 0.2) is 68.4 Å². The number of benzene rings is 2. The Morgan fingerprint density at radius 2 is 1.75 bits per heavy atom. The summed E-state index contributed by atoms with van der Waals surface area (Å²) in [6.45, 7) is 7.56. The molecular formula is C23H25N3O4S2. The van der Waals surface area contributed by atoms with Gasteiger partial charge in [0.2, 0.25) is 15.7 Å². The number of sulfone groups is 1. The summed E-state index contributed by atoms with van der Waals surface area (Å²) in [5.74, 6) is -0.217. The van der Waals surface area contributed by atoms with Gasteiger partial charge in [-0.25, -0.2) is 13.4 Å². The molecule has 2 aromatic carbocycles. The minimum atomic E-state index is -4.00. The number of hydrogen-bond acceptors (Lipinski definition) is 6. The van der Waals surface area contributed by atoms with Crippen molar-refractivity contribution < 1.29 is 13.2 Å². The van der Waals surface area contributed by atoms with Crippen LogP contribution in [-0.2, 0) is 14.6 Å². The van der Waals surface area contributed by atoms with E-state index in [1.54, 1.807) is 12.1 Å². The molecule has 32 heavy (non-hydrogen) atoms. The second-order valence-corrected chi connectivity index (χ2v) is 10.6. The summed E-state index contributed by atoms with van der Waals surface area (Å²) in [6.07, 6.45) is 1.54. The molecule has 0 aliphatic carbocycles. The Labute approximate surface area is 191 Å². The average Bonchev–Trinajstić information content (AvgIpc) is 2.74. The number of aromatic nitrogens is 2. The lowest BCUT2D eigenvalue weighted by Crippen LogP contribution is -2.26. The number of carbonyl (C=O) groups excluding carboxylic acids is 1. The molecule has 168 valence electrons. The predicted molar refractivity (Wildman–Crippen MR) is 126 cm³/mol. The third-order valence-corrected chi connectivity index (χ3v) is 7.96. The van der Waals surface area contributed by atoms with Crippen LogP contribution in [0.25, 0.3) is 0 Å². The predicted octanol–water partition coefficient (Wildman–Crippen LogP) is 4.04. The topological polar surface area (TPSA) is 109 Å². The van der Waals surface area contributed by atoms with Gasteiger partial charge in [0.15, 0.2) is 10.1 Å². The number of H-pyrrole nitrogens is 1. The number of hydrogen-bond donors (Lipinski definition) is 2. The minimum Gasteiger partial charge on any atom is -0.325 e. The SMILES string of the molecule is CC[C@H](Sc1ncc(S(=O)(=O)c2ccc(C)cc2)c(=O)[nH]1)C(=O)Nc1cc(C)ccc1C. The maximum absolute atomic E-state index is 12.8. The number of nitrogens with one attached hydrogen (secondary N) is 2. The highest BCUT2D eigenvalue weighted by Crippen LogP contribution is 2.25. The standard InChI is InChI=1S/C23H25N3O4S2/c1-5-19(21(27)25-18-12-15(3)6-9-16(18)4)31-23-24-13-20(22(28)26-23)32(29,30)17-10-7-14(2)8-11-17/h6-13,19H,5H2,1-4H3,(H,25,27)(H,24,26,28)/t19-/m0/s1. The van der Waals surface area contributed by atoms with E-state index < -0.39 is 25.5 Å². The molecule has 2 N–H and O–H groups in total. The molecule has 0 fully saturated rings. The zero-order valence-electron chi connectivity index (χ0n) is 18.3. The number of anilines is 1. The van der Waals surface area contributed by atoms with Crippen molar-refractivity contribution in [3.63, 3.8) is 0 Å². The quantitative estimate of drug-likeness (QED) is 0.398. The molecule has 0 saturated carbocycles. The van der Waals surface area contributed by atoms with Crippen molar-refractivity contribution in [2.75, 3.05) is 5.32 Å². The number of nitrogens with zero attached hydrogens (tertiary/aromatic N) is 1. The summed E-state index contributed by atoms with van der Waals surface area (Å²) in [5, 5.41) is 2.59. The van der Waals surface area contributed by atoms with Crippen LogP contribution in [-0.4, -0.2) is 29.5 Å². The van der Waals surface area contributed by atoms with Gasteiger partial charge in [0.05, 0.1) is 16.3 Å². The van der Waals surface area contributed by atoms with E-state index in [0.29, 0.717) is 6.42 Å². The third kappa shape index (κ3) is 5.28. The molecule has 0 aliphatic heterocycles. The molecule has 1 heterocycles. The highest BCUT2D eigenvalue weighted by atomic mass is 32.2. The van der Waals surface area contributed by atoms with E-state index in [9.17, 15) is 18.0 Å². The van der Waals surface area contributed by atoms with Crippen molar-refractivity contribution in [2.45, 2.75) is 54.3 Å². The van der Waals surface area contributed by atoms with Gasteiger partial charge < -0.3 is 10.3 Å². The lowest BCUT2D eigenvalue weighted by atomic mass is 10.1. The number of thioether (sulfide) groups is 1. The molecule has 0 radical (unpaired) electrons. The summed E-state index contributed by atoms with van der Waals surface area (Å²) in [4.78, 5) is 31.5. The molecule has 0 bridgehead atoms. The summed E-state index contributed by atoms with van der Waals surface area (Å²) in [5.41, 5.74) is 2.85. The van der Waals surface area contributed by atoms with E-state index in [-0.39, 0.29) is 16.0 Å². The van der Waals surface area contributed by atoms with Crippen LogP contribution in [0.4, 0.5) is 5.69 Å². The lowest BCUT2D eigenvalue weighted by molar-refractivity contribution is -0.115. The zero-order chi connectivity index (χ0) is 23.5. The first-order valence-corrected chi connectivity index (χ1v) is 12.4. The molecule has 7 nitrogen and oxygen atoms in total. The molecule has 1 atom stereocenters. The Kier molecular flexibility index (Phi) is 7.20. The van der Waals surface area contributed by atoms with Gasteiger partial charge in [-0.2, -0.15) is 0 Å². The minimum absolute atomic E-state index is 0.0233. The number of aryl methyl sites for hydroxylation is 3. The number of amides is 1. The van der Waals surface area contributed by atoms with Gasteiger partial charge in [-0.05, 0) is 56.5 Å². The maximum Gasteiger partial charge on any atom is 0.270 e. The first-order valence-electron chi connectivity index (χ1n) is 10.1. The van der Waals surface area contributed by atoms with E-state index in [2.05, 4.69) is 15.3 Å². The fraction of sp³-hybridized carbons (Fsp3) is 0.261. The van der Waals surface area contributed by atoms with Gasteiger partial charge in [0.25, 0.3) is 5.56 Å². The molecule has 3 aromatic rings. The highest BCUT2D eigenvalue weighted by molar-refractivity contribution is 8.00. The summed E-state index contributed by atoms with van der Waals surface area (Å²) < 4.78 is 25.6. The molecular weight excluding hydrogens is 446 g/mol. The van der Waals surface area contributed by atoms with Gasteiger partial charge in [0, 0.05) is 5.69 Å². The van der Waals surface area contributed by atoms with Crippen LogP contribution in [0.2, 0.25) is 0 Å². The molecule has 0 spiro atoms. The third-order valence-electron chi connectivity index (χ3n) is 4.93. The molecule has 1 amide bonds. The molecule has 1 aromatic heterocycles. The van der Waals surface area contributed by atoms with Crippen LogP contribution < -0.4 is 10.9 Å². The molecule has 9 heteroatoms. The fourth-order valence-corrected chi connectivity index (χ4v) is 5.11. The highest BCUT2D eigenvalue weighted by Gasteiger charge is 2.24. The van der Waals surface area contributed by atoms with Crippen molar-refractivity contribution in [1.82, 2.24) is 9.97 Å². The first-order chi connectivity index (χ1) is 15.1. The second-order valence-electron chi connectivity index (χ2n) is 7.52. The number of carbonyl (C=O) groups is 1. The van der Waals surface area contributed by atoms with Crippen molar-refractivity contribution in [1.29, 1.82) is 0 Å². The Hall–Kier alpha value is -2.91. The maximum atomic E-state index is 12.8. The smallest absolute Gasteiger partial charge is 0.270 e. The molecule has 0 unspecified atom stereocenters. The Bertz CT molecular complexity index is 1300. The number of aromatic amines is 1. The zero-order valence-corrected chi connectivity index (χ0v) is 19.9. The molecule has 0 saturated heterocycles. The fourth-order valence-electron chi connectivity index (χ4n) is 3.00. The van der Waals surface area contributed by atoms with Crippen LogP contribution in [0.3, 0.4) is 0 Å². The van der Waals surface area contributed by atoms with Crippen LogP contribution in [0.1, 0.15) is 30.0 Å². The average molecular weight is 472 g/mol. The molecule has 3 rings (SSSR count). The van der Waals surface area contributed by atoms with E-state index in [4.69, 9.17) is 0 Å². The Balaban J connectivity index is 1.80. The van der Waals surface area contributed by atoms with E-state index in [1.165, 1.54) is 12.1 Å². The first kappa shape index (κ1) is 23.7. The van der Waals surface area contributed by atoms with E-state index in [0.717, 1.165) is 40.3 Å². The Morgan fingerprint density at radius 3 is 2.38 bits per heavy atom. The van der Waals surface area contributed by atoms with Gasteiger partial charge in [-0.15, -0.1) is 0 Å². The normalized spacial score (nSPS) is 12.4. The lowest BCUT2D eigenvalue weighted by Gasteiger charge is -2.16. The van der Waals surface area contributed by atoms with Crippen molar-refractivity contribution in [3.8, 4) is 0 Å². The van der Waals surface area contributed by atoms with E-state index in [1.807, 2.05) is 45.9 Å². The molecule has 0 aliphatic rings. The summed E-state index contributed by atoms with van der Waals surface area (Å²) >= 11 is 1.08. The van der Waals surface area contributed by atoms with Gasteiger partial charge in [-0.1, -0.05) is 48.5 Å². The summed E-state index contributed by atoms with van der Waals surface area (Å²) in [7, 11) is -4.00. The largest absolute Gasteiger partial charge is 0.325 e. The van der Waals surface area contributed by atoms with Gasteiger partial charge >= 0.3 is 0 Å². The summed E-state index contributed by atoms with van der Waals surface area (Å²) in [6, 6.07) is 12.0. The van der Waals surface area contributed by atoms with E-state index >= 15 is 0 Å². The van der Waals surface area contributed by atoms with Gasteiger partial charge in [-0.3, -0.25) is 9.59 Å². The second kappa shape index (κ2) is 9.70. The van der Waals surface area contributed by atoms with Gasteiger partial charge in [0.1, 0.15) is 0 Å². The van der Waals surface area contributed by atoms with Crippen molar-refractivity contribution >= 4 is 33.2 Å². The van der Waals surface area contributed by atoms with Crippen LogP contribution in [0.5, 0.6) is 0 Å². The van der Waals surface area contributed by atoms with Crippen LogP contribution >= 0.6 is 11.8 Å². The van der Waals surface area contributed by atoms with Crippen molar-refractivity contribution in [3.05, 3.63) is 75.7 Å². The monoisotopic (exact) mass is 471 g/mol. The van der Waals surface area contributed by atoms with Crippen LogP contribution in [0, 0.1) is 20.8 Å².